The number of aryl methyl sites for hydroxylation is 1. The zero-order chi connectivity index (χ0) is 10.9. The van der Waals surface area contributed by atoms with Crippen LogP contribution in [0, 0.1) is 0 Å². The van der Waals surface area contributed by atoms with Gasteiger partial charge in [0.25, 0.3) is 0 Å². The lowest BCUT2D eigenvalue weighted by atomic mass is 9.94. The molecule has 1 aliphatic rings. The average molecular weight is 207 g/mol. The Hall–Kier alpha value is -1.16. The molecule has 0 aromatic carbocycles. The molecule has 1 atom stereocenters. The van der Waals surface area contributed by atoms with Crippen LogP contribution in [0.2, 0.25) is 0 Å². The number of nitrogens with zero attached hydrogens (tertiary/aromatic N) is 2. The Labute approximate surface area is 89.7 Å². The van der Waals surface area contributed by atoms with Gasteiger partial charge in [0.2, 0.25) is 5.78 Å². The number of carbonyl (C=O) groups is 1. The molecule has 1 aliphatic heterocycles. The first kappa shape index (κ1) is 10.4. The Balaban J connectivity index is 2.27. The van der Waals surface area contributed by atoms with Crippen molar-refractivity contribution in [1.82, 2.24) is 14.9 Å². The molecule has 1 fully saturated rings. The van der Waals surface area contributed by atoms with E-state index in [1.54, 1.807) is 6.20 Å². The van der Waals surface area contributed by atoms with Crippen LogP contribution >= 0.6 is 0 Å². The van der Waals surface area contributed by atoms with E-state index in [2.05, 4.69) is 10.3 Å². The van der Waals surface area contributed by atoms with E-state index >= 15 is 0 Å². The van der Waals surface area contributed by atoms with Gasteiger partial charge in [0.15, 0.2) is 5.82 Å². The molecule has 0 amide bonds. The SMILES string of the molecule is CCn1ccnc1C(=O)C1(C)CCCN1. The number of nitrogens with one attached hydrogen (secondary N) is 1. The highest BCUT2D eigenvalue weighted by molar-refractivity contribution is 6.00. The van der Waals surface area contributed by atoms with E-state index in [0.717, 1.165) is 25.9 Å². The van der Waals surface area contributed by atoms with E-state index in [0.29, 0.717) is 5.82 Å². The van der Waals surface area contributed by atoms with E-state index in [9.17, 15) is 4.79 Å². The maximum absolute atomic E-state index is 12.3. The fraction of sp³-hybridized carbons (Fsp3) is 0.636. The fourth-order valence-electron chi connectivity index (χ4n) is 2.11. The Bertz CT molecular complexity index is 364. The number of carbonyl (C=O) groups excluding carboxylic acids is 1. The number of rotatable bonds is 3. The summed E-state index contributed by atoms with van der Waals surface area (Å²) in [5.74, 6) is 0.696. The molecule has 2 rings (SSSR count). The quantitative estimate of drug-likeness (QED) is 0.758. The van der Waals surface area contributed by atoms with Crippen molar-refractivity contribution < 1.29 is 4.79 Å². The van der Waals surface area contributed by atoms with Crippen molar-refractivity contribution in [2.75, 3.05) is 6.54 Å². The second-order valence-corrected chi connectivity index (χ2v) is 4.23. The van der Waals surface area contributed by atoms with Crippen LogP contribution in [0.1, 0.15) is 37.3 Å². The molecule has 0 spiro atoms. The van der Waals surface area contributed by atoms with E-state index in [4.69, 9.17) is 0 Å². The molecular weight excluding hydrogens is 190 g/mol. The highest BCUT2D eigenvalue weighted by Crippen LogP contribution is 2.22. The van der Waals surface area contributed by atoms with Crippen molar-refractivity contribution in [1.29, 1.82) is 0 Å². The number of ketones is 1. The van der Waals surface area contributed by atoms with Gasteiger partial charge in [-0.3, -0.25) is 4.79 Å². The molecule has 1 aromatic heterocycles. The van der Waals surface area contributed by atoms with Crippen LogP contribution in [0.4, 0.5) is 0 Å². The van der Waals surface area contributed by atoms with Crippen LogP contribution in [0.3, 0.4) is 0 Å². The molecule has 1 saturated heterocycles. The number of imidazole rings is 1. The maximum Gasteiger partial charge on any atom is 0.217 e. The zero-order valence-electron chi connectivity index (χ0n) is 9.29. The Morgan fingerprint density at radius 2 is 2.53 bits per heavy atom. The van der Waals surface area contributed by atoms with Crippen molar-refractivity contribution in [2.24, 2.45) is 0 Å². The fourth-order valence-corrected chi connectivity index (χ4v) is 2.11. The summed E-state index contributed by atoms with van der Waals surface area (Å²) in [4.78, 5) is 16.4. The molecule has 82 valence electrons. The Morgan fingerprint density at radius 3 is 3.13 bits per heavy atom. The standard InChI is InChI=1S/C11H17N3O/c1-3-14-8-7-12-10(14)9(15)11(2)5-4-6-13-11/h7-8,13H,3-6H2,1-2H3. The first-order valence-electron chi connectivity index (χ1n) is 5.48. The lowest BCUT2D eigenvalue weighted by Gasteiger charge is -2.22. The van der Waals surface area contributed by atoms with E-state index in [-0.39, 0.29) is 5.78 Å². The third kappa shape index (κ3) is 1.69. The van der Waals surface area contributed by atoms with Gasteiger partial charge < -0.3 is 9.88 Å². The number of hydrogen-bond acceptors (Lipinski definition) is 3. The maximum atomic E-state index is 12.3. The highest BCUT2D eigenvalue weighted by atomic mass is 16.1. The molecule has 1 N–H and O–H groups in total. The highest BCUT2D eigenvalue weighted by Gasteiger charge is 2.38. The van der Waals surface area contributed by atoms with Gasteiger partial charge in [-0.15, -0.1) is 0 Å². The third-order valence-electron chi connectivity index (χ3n) is 3.13. The van der Waals surface area contributed by atoms with Crippen LogP contribution < -0.4 is 5.32 Å². The van der Waals surface area contributed by atoms with Gasteiger partial charge >= 0.3 is 0 Å². The molecule has 0 saturated carbocycles. The van der Waals surface area contributed by atoms with Crippen molar-refractivity contribution >= 4 is 5.78 Å². The molecule has 4 heteroatoms. The van der Waals surface area contributed by atoms with E-state index in [1.165, 1.54) is 0 Å². The van der Waals surface area contributed by atoms with Crippen LogP contribution in [0.5, 0.6) is 0 Å². The number of aromatic nitrogens is 2. The molecular formula is C11H17N3O. The summed E-state index contributed by atoms with van der Waals surface area (Å²) in [5, 5.41) is 3.27. The van der Waals surface area contributed by atoms with Crippen molar-refractivity contribution in [3.8, 4) is 0 Å². The molecule has 4 nitrogen and oxygen atoms in total. The van der Waals surface area contributed by atoms with Crippen molar-refractivity contribution in [3.63, 3.8) is 0 Å². The van der Waals surface area contributed by atoms with Gasteiger partial charge in [0, 0.05) is 18.9 Å². The normalized spacial score (nSPS) is 25.7. The Morgan fingerprint density at radius 1 is 1.73 bits per heavy atom. The average Bonchev–Trinajstić information content (AvgIpc) is 2.85. The van der Waals surface area contributed by atoms with Gasteiger partial charge in [-0.05, 0) is 33.2 Å². The lowest BCUT2D eigenvalue weighted by molar-refractivity contribution is 0.0869. The first-order chi connectivity index (χ1) is 7.17. The summed E-state index contributed by atoms with van der Waals surface area (Å²) in [5.41, 5.74) is -0.404. The minimum atomic E-state index is -0.404. The molecule has 0 bridgehead atoms. The molecule has 1 unspecified atom stereocenters. The summed E-state index contributed by atoms with van der Waals surface area (Å²) >= 11 is 0. The molecule has 15 heavy (non-hydrogen) atoms. The number of Topliss-reactive ketones (excluding diaryl/α,β-unsaturated/α-hetero) is 1. The largest absolute Gasteiger partial charge is 0.329 e. The molecule has 0 radical (unpaired) electrons. The van der Waals surface area contributed by atoms with E-state index < -0.39 is 5.54 Å². The van der Waals surface area contributed by atoms with Gasteiger partial charge in [0.05, 0.1) is 5.54 Å². The van der Waals surface area contributed by atoms with Crippen molar-refractivity contribution in [2.45, 2.75) is 38.8 Å². The second-order valence-electron chi connectivity index (χ2n) is 4.23. The van der Waals surface area contributed by atoms with Crippen LogP contribution in [-0.2, 0) is 6.54 Å². The summed E-state index contributed by atoms with van der Waals surface area (Å²) in [6.45, 7) is 5.70. The van der Waals surface area contributed by atoms with Gasteiger partial charge in [0.1, 0.15) is 0 Å². The monoisotopic (exact) mass is 207 g/mol. The second kappa shape index (κ2) is 3.77. The van der Waals surface area contributed by atoms with Crippen LogP contribution in [-0.4, -0.2) is 27.4 Å². The summed E-state index contributed by atoms with van der Waals surface area (Å²) in [6.07, 6.45) is 5.51. The van der Waals surface area contributed by atoms with Gasteiger partial charge in [-0.25, -0.2) is 4.98 Å². The lowest BCUT2D eigenvalue weighted by Crippen LogP contribution is -2.45. The minimum absolute atomic E-state index is 0.117. The molecule has 1 aromatic rings. The minimum Gasteiger partial charge on any atom is -0.329 e. The van der Waals surface area contributed by atoms with Gasteiger partial charge in [-0.2, -0.15) is 0 Å². The third-order valence-corrected chi connectivity index (χ3v) is 3.13. The zero-order valence-corrected chi connectivity index (χ0v) is 9.29. The van der Waals surface area contributed by atoms with Crippen LogP contribution in [0.25, 0.3) is 0 Å². The smallest absolute Gasteiger partial charge is 0.217 e. The topological polar surface area (TPSA) is 46.9 Å². The first-order valence-corrected chi connectivity index (χ1v) is 5.48. The molecule has 0 aliphatic carbocycles. The molecule has 2 heterocycles. The predicted molar refractivity (Wildman–Crippen MR) is 57.9 cm³/mol. The summed E-state index contributed by atoms with van der Waals surface area (Å²) in [7, 11) is 0. The van der Waals surface area contributed by atoms with Crippen molar-refractivity contribution in [3.05, 3.63) is 18.2 Å². The van der Waals surface area contributed by atoms with Crippen LogP contribution in [0.15, 0.2) is 12.4 Å². The van der Waals surface area contributed by atoms with E-state index in [1.807, 2.05) is 24.6 Å². The summed E-state index contributed by atoms with van der Waals surface area (Å²) in [6, 6.07) is 0. The van der Waals surface area contributed by atoms with Gasteiger partial charge in [-0.1, -0.05) is 0 Å². The summed E-state index contributed by atoms with van der Waals surface area (Å²) < 4.78 is 1.90. The predicted octanol–water partition coefficient (Wildman–Crippen LogP) is 1.23. The Kier molecular flexibility index (Phi) is 2.61. The number of hydrogen-bond donors (Lipinski definition) is 1.